The van der Waals surface area contributed by atoms with Gasteiger partial charge >= 0.3 is 5.97 Å². The molecule has 0 radical (unpaired) electrons. The monoisotopic (exact) mass is 517 g/mol. The maximum absolute atomic E-state index is 15.0. The van der Waals surface area contributed by atoms with Crippen LogP contribution in [0.1, 0.15) is 30.9 Å². The van der Waals surface area contributed by atoms with Crippen LogP contribution < -0.4 is 10.5 Å². The number of benzene rings is 3. The largest absolute Gasteiger partial charge is 0.488 e. The molecule has 0 aromatic heterocycles. The summed E-state index contributed by atoms with van der Waals surface area (Å²) in [6, 6.07) is 21.2. The van der Waals surface area contributed by atoms with Crippen LogP contribution in [0.25, 0.3) is 11.1 Å². The highest BCUT2D eigenvalue weighted by Gasteiger charge is 2.54. The Morgan fingerprint density at radius 1 is 1.11 bits per heavy atom. The van der Waals surface area contributed by atoms with Crippen LogP contribution in [-0.2, 0) is 20.7 Å². The van der Waals surface area contributed by atoms with Crippen molar-refractivity contribution < 1.29 is 23.5 Å². The zero-order valence-electron chi connectivity index (χ0n) is 21.6. The summed E-state index contributed by atoms with van der Waals surface area (Å²) in [7, 11) is 1.27. The van der Waals surface area contributed by atoms with Gasteiger partial charge in [0.15, 0.2) is 11.6 Å². The molecule has 38 heavy (non-hydrogen) atoms. The van der Waals surface area contributed by atoms with Crippen LogP contribution in [-0.4, -0.2) is 48.9 Å². The molecule has 198 valence electrons. The van der Waals surface area contributed by atoms with Gasteiger partial charge in [0.1, 0.15) is 17.9 Å². The Balaban J connectivity index is 1.46. The minimum absolute atomic E-state index is 0.0331. The number of likely N-dealkylation sites (tertiary alicyclic amines) is 1. The number of nitrogen functional groups attached to an aromatic ring is 1. The molecule has 4 rings (SSSR count). The third-order valence-electron chi connectivity index (χ3n) is 7.05. The van der Waals surface area contributed by atoms with Crippen molar-refractivity contribution in [2.45, 2.75) is 32.2 Å². The molecule has 3 aromatic rings. The van der Waals surface area contributed by atoms with Gasteiger partial charge in [0.25, 0.3) is 0 Å². The van der Waals surface area contributed by atoms with Crippen molar-refractivity contribution in [3.63, 3.8) is 0 Å². The van der Waals surface area contributed by atoms with E-state index in [4.69, 9.17) is 20.6 Å². The van der Waals surface area contributed by atoms with Gasteiger partial charge < -0.3 is 20.1 Å². The number of amides is 1. The smallest absolute Gasteiger partial charge is 0.321 e. The molecule has 2 atom stereocenters. The number of methoxy groups -OCH3 is 1. The number of hydrogen-bond donors (Lipinski definition) is 2. The molecular formula is C30H32FN3O4. The molecule has 0 unspecified atom stereocenters. The molecule has 1 fully saturated rings. The molecule has 3 aromatic carbocycles. The number of esters is 1. The van der Waals surface area contributed by atoms with E-state index in [1.165, 1.54) is 18.7 Å². The number of hydrogen-bond acceptors (Lipinski definition) is 5. The minimum Gasteiger partial charge on any atom is -0.488 e. The topological polar surface area (TPSA) is 106 Å². The number of carbonyl (C=O) groups excluding carboxylic acids is 2. The molecule has 1 aliphatic rings. The second kappa shape index (κ2) is 11.5. The fourth-order valence-electron chi connectivity index (χ4n) is 4.90. The third kappa shape index (κ3) is 5.69. The lowest BCUT2D eigenvalue weighted by Gasteiger charge is -2.25. The van der Waals surface area contributed by atoms with Gasteiger partial charge in [-0.15, -0.1) is 0 Å². The molecule has 1 aliphatic heterocycles. The first-order chi connectivity index (χ1) is 18.2. The zero-order valence-corrected chi connectivity index (χ0v) is 21.6. The van der Waals surface area contributed by atoms with Crippen LogP contribution in [0, 0.1) is 16.6 Å². The average molecular weight is 518 g/mol. The van der Waals surface area contributed by atoms with E-state index in [-0.39, 0.29) is 30.5 Å². The van der Waals surface area contributed by atoms with E-state index in [1.807, 2.05) is 30.3 Å². The number of aryl methyl sites for hydroxylation is 1. The Morgan fingerprint density at radius 3 is 2.42 bits per heavy atom. The fraction of sp³-hybridized carbons (Fsp3) is 0.300. The lowest BCUT2D eigenvalue weighted by molar-refractivity contribution is -0.157. The highest BCUT2D eigenvalue weighted by atomic mass is 19.1. The van der Waals surface area contributed by atoms with Gasteiger partial charge in [0.2, 0.25) is 5.91 Å². The number of carbonyl (C=O) groups is 2. The Morgan fingerprint density at radius 2 is 1.79 bits per heavy atom. The highest BCUT2D eigenvalue weighted by molar-refractivity contribution is 6.04. The number of halogens is 1. The average Bonchev–Trinajstić information content (AvgIpc) is 3.18. The fourth-order valence-corrected chi connectivity index (χ4v) is 4.90. The van der Waals surface area contributed by atoms with Crippen LogP contribution in [0.4, 0.5) is 4.39 Å². The maximum Gasteiger partial charge on any atom is 0.321 e. The summed E-state index contributed by atoms with van der Waals surface area (Å²) >= 11 is 0. The van der Waals surface area contributed by atoms with Gasteiger partial charge in [-0.3, -0.25) is 15.0 Å². The van der Waals surface area contributed by atoms with E-state index in [0.29, 0.717) is 17.7 Å². The number of nitrogens with one attached hydrogen (secondary N) is 1. The Kier molecular flexibility index (Phi) is 8.10. The first-order valence-electron chi connectivity index (χ1n) is 12.5. The number of ether oxygens (including phenoxy) is 2. The third-order valence-corrected chi connectivity index (χ3v) is 7.05. The molecule has 0 bridgehead atoms. The van der Waals surface area contributed by atoms with Gasteiger partial charge in [-0.1, -0.05) is 60.7 Å². The Bertz CT molecular complexity index is 1310. The van der Waals surface area contributed by atoms with Crippen molar-refractivity contribution >= 4 is 17.7 Å². The molecule has 0 spiro atoms. The van der Waals surface area contributed by atoms with Gasteiger partial charge in [-0.2, -0.15) is 0 Å². The predicted octanol–water partition coefficient (Wildman–Crippen LogP) is 4.57. The number of amidine groups is 1. The van der Waals surface area contributed by atoms with E-state index in [0.717, 1.165) is 18.4 Å². The summed E-state index contributed by atoms with van der Waals surface area (Å²) in [4.78, 5) is 27.5. The molecule has 1 heterocycles. The summed E-state index contributed by atoms with van der Waals surface area (Å²) < 4.78 is 25.8. The number of rotatable bonds is 10. The summed E-state index contributed by atoms with van der Waals surface area (Å²) in [5.41, 5.74) is 7.39. The van der Waals surface area contributed by atoms with Gasteiger partial charge in [0, 0.05) is 12.1 Å². The molecule has 7 nitrogen and oxygen atoms in total. The first kappa shape index (κ1) is 26.9. The molecule has 8 heteroatoms. The molecule has 1 amide bonds. The highest BCUT2D eigenvalue weighted by Crippen LogP contribution is 2.38. The molecule has 3 N–H and O–H groups in total. The Labute approximate surface area is 221 Å². The summed E-state index contributed by atoms with van der Waals surface area (Å²) in [5.74, 6) is -1.37. The zero-order chi connectivity index (χ0) is 27.3. The van der Waals surface area contributed by atoms with E-state index >= 15 is 0 Å². The Hall–Kier alpha value is -4.20. The second-order valence-corrected chi connectivity index (χ2v) is 9.72. The quantitative estimate of drug-likeness (QED) is 0.177. The lowest BCUT2D eigenvalue weighted by Crippen LogP contribution is -2.41. The minimum atomic E-state index is -1.30. The SMILES string of the molecule is COC(=O)[C@@]1(C)C[C@@H](COc2ccc(-c3ccc(C(=N)N)cc3)cc2F)N(CCCc2ccccc2)C1=O. The van der Waals surface area contributed by atoms with Gasteiger partial charge in [-0.25, -0.2) is 4.39 Å². The molecular weight excluding hydrogens is 485 g/mol. The molecule has 0 aliphatic carbocycles. The van der Waals surface area contributed by atoms with E-state index < -0.39 is 23.2 Å². The maximum atomic E-state index is 15.0. The first-order valence-corrected chi connectivity index (χ1v) is 12.5. The van der Waals surface area contributed by atoms with Gasteiger partial charge in [-0.05, 0) is 55.0 Å². The lowest BCUT2D eigenvalue weighted by atomic mass is 9.87. The van der Waals surface area contributed by atoms with Crippen LogP contribution in [0.3, 0.4) is 0 Å². The number of nitrogens with two attached hydrogens (primary N) is 1. The van der Waals surface area contributed by atoms with Crippen molar-refractivity contribution in [1.29, 1.82) is 5.41 Å². The molecule has 0 saturated carbocycles. The van der Waals surface area contributed by atoms with E-state index in [2.05, 4.69) is 0 Å². The summed E-state index contributed by atoms with van der Waals surface area (Å²) in [6.45, 7) is 2.09. The van der Waals surface area contributed by atoms with Crippen LogP contribution in [0.2, 0.25) is 0 Å². The number of nitrogens with zero attached hydrogens (tertiary/aromatic N) is 1. The van der Waals surface area contributed by atoms with Gasteiger partial charge in [0.05, 0.1) is 13.2 Å². The summed E-state index contributed by atoms with van der Waals surface area (Å²) in [5, 5.41) is 7.50. The van der Waals surface area contributed by atoms with Crippen molar-refractivity contribution in [2.24, 2.45) is 11.1 Å². The van der Waals surface area contributed by atoms with Crippen molar-refractivity contribution in [1.82, 2.24) is 4.90 Å². The standard InChI is InChI=1S/C30H32FN3O4/c1-30(29(36)37-2)18-24(34(28(30)35)16-6-9-20-7-4-3-5-8-20)19-38-26-15-14-23(17-25(26)31)21-10-12-22(13-11-21)27(32)33/h3-5,7-8,10-15,17,24H,6,9,16,18-19H2,1-2H3,(H3,32,33)/t24-,30-/m0/s1. The predicted molar refractivity (Wildman–Crippen MR) is 143 cm³/mol. The van der Waals surface area contributed by atoms with Crippen molar-refractivity contribution in [3.8, 4) is 16.9 Å². The van der Waals surface area contributed by atoms with E-state index in [9.17, 15) is 14.0 Å². The normalized spacial score (nSPS) is 18.9. The van der Waals surface area contributed by atoms with Crippen LogP contribution >= 0.6 is 0 Å². The molecule has 1 saturated heterocycles. The van der Waals surface area contributed by atoms with Crippen molar-refractivity contribution in [2.75, 3.05) is 20.3 Å². The summed E-state index contributed by atoms with van der Waals surface area (Å²) in [6.07, 6.45) is 1.73. The van der Waals surface area contributed by atoms with Crippen LogP contribution in [0.15, 0.2) is 72.8 Å². The van der Waals surface area contributed by atoms with Crippen molar-refractivity contribution in [3.05, 3.63) is 89.7 Å². The second-order valence-electron chi connectivity index (χ2n) is 9.72. The van der Waals surface area contributed by atoms with Crippen LogP contribution in [0.5, 0.6) is 5.75 Å². The van der Waals surface area contributed by atoms with E-state index in [1.54, 1.807) is 48.2 Å².